The van der Waals surface area contributed by atoms with E-state index in [9.17, 15) is 17.6 Å². The Labute approximate surface area is 174 Å². The molecule has 8 nitrogen and oxygen atoms in total. The Kier molecular flexibility index (Phi) is 18.7. The summed E-state index contributed by atoms with van der Waals surface area (Å²) in [5.74, 6) is -7.27. The van der Waals surface area contributed by atoms with E-state index in [4.69, 9.17) is 38.6 Å². The average molecular weight is 454 g/mol. The van der Waals surface area contributed by atoms with Crippen LogP contribution in [-0.4, -0.2) is 115 Å². The smallest absolute Gasteiger partial charge is 0.276 e. The van der Waals surface area contributed by atoms with E-state index < -0.39 is 31.3 Å². The molecule has 0 radical (unpaired) electrons. The second-order valence-electron chi connectivity index (χ2n) is 6.20. The minimum atomic E-state index is -3.68. The van der Waals surface area contributed by atoms with E-state index in [1.165, 1.54) is 0 Å². The molecule has 0 unspecified atom stereocenters. The molecule has 0 bridgehead atoms. The van der Waals surface area contributed by atoms with Gasteiger partial charge >= 0.3 is 0 Å². The van der Waals surface area contributed by atoms with Crippen LogP contribution in [0.1, 0.15) is 12.8 Å². The van der Waals surface area contributed by atoms with E-state index in [0.717, 1.165) is 0 Å². The third kappa shape index (κ3) is 20.7. The number of aliphatic hydroxyl groups is 2. The zero-order chi connectivity index (χ0) is 22.6. The Morgan fingerprint density at radius 1 is 0.467 bits per heavy atom. The van der Waals surface area contributed by atoms with Crippen LogP contribution >= 0.6 is 0 Å². The van der Waals surface area contributed by atoms with Gasteiger partial charge in [0.15, 0.2) is 0 Å². The van der Waals surface area contributed by atoms with Crippen molar-refractivity contribution >= 4 is 0 Å². The molecular weight excluding hydrogens is 420 g/mol. The van der Waals surface area contributed by atoms with Gasteiger partial charge in [-0.2, -0.15) is 0 Å². The zero-order valence-corrected chi connectivity index (χ0v) is 17.2. The summed E-state index contributed by atoms with van der Waals surface area (Å²) in [7, 11) is 0. The summed E-state index contributed by atoms with van der Waals surface area (Å²) in [5, 5.41) is 17.0. The second-order valence-corrected chi connectivity index (χ2v) is 6.20. The number of hydrogen-bond donors (Lipinski definition) is 2. The van der Waals surface area contributed by atoms with E-state index >= 15 is 0 Å². The summed E-state index contributed by atoms with van der Waals surface area (Å²) in [6.45, 7) is -0.194. The van der Waals surface area contributed by atoms with E-state index in [1.807, 2.05) is 0 Å². The monoisotopic (exact) mass is 454 g/mol. The Morgan fingerprint density at radius 2 is 0.833 bits per heavy atom. The van der Waals surface area contributed by atoms with E-state index in [1.54, 1.807) is 0 Å². The summed E-state index contributed by atoms with van der Waals surface area (Å²) in [6.07, 6.45) is -2.46. The summed E-state index contributed by atoms with van der Waals surface area (Å²) < 4.78 is 84.4. The maximum atomic E-state index is 13.7. The average Bonchev–Trinajstić information content (AvgIpc) is 2.67. The maximum absolute atomic E-state index is 13.7. The normalized spacial score (nSPS) is 12.6. The molecule has 0 aliphatic heterocycles. The molecule has 0 atom stereocenters. The number of hydrogen-bond acceptors (Lipinski definition) is 8. The molecule has 0 aromatic carbocycles. The lowest BCUT2D eigenvalue weighted by Gasteiger charge is -2.23. The van der Waals surface area contributed by atoms with Crippen LogP contribution in [0.15, 0.2) is 0 Å². The molecule has 182 valence electrons. The minimum absolute atomic E-state index is 0.0262. The van der Waals surface area contributed by atoms with Gasteiger partial charge in [0.25, 0.3) is 11.8 Å². The first-order valence-corrected chi connectivity index (χ1v) is 9.77. The molecule has 30 heavy (non-hydrogen) atoms. The summed E-state index contributed by atoms with van der Waals surface area (Å²) in [6, 6.07) is 0. The van der Waals surface area contributed by atoms with E-state index in [0.29, 0.717) is 6.61 Å². The molecular formula is C18H34F4O8. The zero-order valence-electron chi connectivity index (χ0n) is 17.2. The van der Waals surface area contributed by atoms with Gasteiger partial charge in [0.1, 0.15) is 6.61 Å². The van der Waals surface area contributed by atoms with Crippen molar-refractivity contribution in [1.29, 1.82) is 0 Å². The lowest BCUT2D eigenvalue weighted by molar-refractivity contribution is -0.152. The van der Waals surface area contributed by atoms with Crippen LogP contribution in [-0.2, 0) is 28.4 Å². The van der Waals surface area contributed by atoms with Gasteiger partial charge in [-0.05, 0) is 0 Å². The molecule has 0 aliphatic rings. The maximum Gasteiger partial charge on any atom is 0.276 e. The Morgan fingerprint density at radius 3 is 1.27 bits per heavy atom. The third-order valence-corrected chi connectivity index (χ3v) is 3.40. The first kappa shape index (κ1) is 29.4. The van der Waals surface area contributed by atoms with Crippen LogP contribution in [0.25, 0.3) is 0 Å². The largest absolute Gasteiger partial charge is 0.394 e. The molecule has 0 rings (SSSR count). The van der Waals surface area contributed by atoms with Crippen molar-refractivity contribution in [1.82, 2.24) is 0 Å². The number of rotatable bonds is 23. The van der Waals surface area contributed by atoms with Crippen LogP contribution in [0.2, 0.25) is 0 Å². The fourth-order valence-electron chi connectivity index (χ4n) is 2.07. The summed E-state index contributed by atoms with van der Waals surface area (Å²) in [4.78, 5) is 0. The molecule has 0 amide bonds. The lowest BCUT2D eigenvalue weighted by atomic mass is 10.1. The fraction of sp³-hybridized carbons (Fsp3) is 1.00. The highest BCUT2D eigenvalue weighted by atomic mass is 19.3. The number of aliphatic hydroxyl groups excluding tert-OH is 2. The van der Waals surface area contributed by atoms with Gasteiger partial charge in [-0.1, -0.05) is 0 Å². The molecule has 12 heteroatoms. The van der Waals surface area contributed by atoms with Crippen LogP contribution in [0, 0.1) is 0 Å². The fourth-order valence-corrected chi connectivity index (χ4v) is 2.07. The molecule has 0 aromatic rings. The quantitative estimate of drug-likeness (QED) is 0.175. The van der Waals surface area contributed by atoms with Crippen LogP contribution in [0.3, 0.4) is 0 Å². The van der Waals surface area contributed by atoms with Crippen LogP contribution in [0.5, 0.6) is 0 Å². The van der Waals surface area contributed by atoms with E-state index in [2.05, 4.69) is 0 Å². The van der Waals surface area contributed by atoms with Gasteiger partial charge in [0.05, 0.1) is 92.3 Å². The molecule has 0 aliphatic carbocycles. The molecule has 0 saturated carbocycles. The van der Waals surface area contributed by atoms with Crippen molar-refractivity contribution in [3.8, 4) is 0 Å². The van der Waals surface area contributed by atoms with E-state index in [-0.39, 0.29) is 79.3 Å². The Bertz CT molecular complexity index is 378. The molecule has 0 heterocycles. The van der Waals surface area contributed by atoms with Gasteiger partial charge in [0, 0.05) is 6.42 Å². The molecule has 0 spiro atoms. The highest BCUT2D eigenvalue weighted by Crippen LogP contribution is 2.33. The SMILES string of the molecule is OCCOCCOCCOCCC(F)(F)CC(F)(F)COCCOCCOCCO. The number of halogens is 4. The van der Waals surface area contributed by atoms with Crippen molar-refractivity contribution < 1.29 is 56.2 Å². The van der Waals surface area contributed by atoms with Crippen molar-refractivity contribution in [3.63, 3.8) is 0 Å². The third-order valence-electron chi connectivity index (χ3n) is 3.40. The van der Waals surface area contributed by atoms with Gasteiger partial charge in [-0.3, -0.25) is 0 Å². The van der Waals surface area contributed by atoms with Crippen LogP contribution in [0.4, 0.5) is 17.6 Å². The van der Waals surface area contributed by atoms with Crippen molar-refractivity contribution in [2.45, 2.75) is 24.7 Å². The lowest BCUT2D eigenvalue weighted by Crippen LogP contribution is -2.34. The topological polar surface area (TPSA) is 95.8 Å². The Balaban J connectivity index is 3.67. The predicted octanol–water partition coefficient (Wildman–Crippen LogP) is 1.12. The van der Waals surface area contributed by atoms with Crippen molar-refractivity contribution in [2.75, 3.05) is 92.5 Å². The van der Waals surface area contributed by atoms with Crippen molar-refractivity contribution in [3.05, 3.63) is 0 Å². The van der Waals surface area contributed by atoms with Crippen LogP contribution < -0.4 is 0 Å². The molecule has 0 aromatic heterocycles. The van der Waals surface area contributed by atoms with Gasteiger partial charge < -0.3 is 38.6 Å². The van der Waals surface area contributed by atoms with Gasteiger partial charge in [-0.15, -0.1) is 0 Å². The Hall–Kier alpha value is -0.600. The molecule has 0 saturated heterocycles. The first-order chi connectivity index (χ1) is 14.3. The number of alkyl halides is 4. The predicted molar refractivity (Wildman–Crippen MR) is 98.2 cm³/mol. The minimum Gasteiger partial charge on any atom is -0.394 e. The highest BCUT2D eigenvalue weighted by molar-refractivity contribution is 4.77. The van der Waals surface area contributed by atoms with Gasteiger partial charge in [0.2, 0.25) is 0 Å². The summed E-state index contributed by atoms with van der Waals surface area (Å²) in [5.41, 5.74) is 0. The number of ether oxygens (including phenoxy) is 6. The van der Waals surface area contributed by atoms with Gasteiger partial charge in [-0.25, -0.2) is 17.6 Å². The molecule has 0 fully saturated rings. The van der Waals surface area contributed by atoms with Crippen molar-refractivity contribution in [2.24, 2.45) is 0 Å². The second kappa shape index (κ2) is 19.1. The standard InChI is InChI=1S/C18H34F4O8/c19-17(20,1-4-25-7-10-28-11-8-26-5-2-23)15-18(21,22)16-30-14-13-29-12-9-27-6-3-24/h23-24H,1-16H2. The highest BCUT2D eigenvalue weighted by Gasteiger charge is 2.43. The summed E-state index contributed by atoms with van der Waals surface area (Å²) >= 11 is 0. The first-order valence-electron chi connectivity index (χ1n) is 9.77. The molecule has 2 N–H and O–H groups in total.